The number of aliphatic hydroxyl groups is 3. The van der Waals surface area contributed by atoms with Crippen molar-refractivity contribution in [3.05, 3.63) is 78.2 Å². The van der Waals surface area contributed by atoms with E-state index in [0.717, 1.165) is 32.5 Å². The first-order chi connectivity index (χ1) is 16.9. The van der Waals surface area contributed by atoms with Gasteiger partial charge in [0.2, 0.25) is 0 Å². The van der Waals surface area contributed by atoms with Crippen LogP contribution in [0.4, 0.5) is 13.2 Å². The van der Waals surface area contributed by atoms with E-state index in [0.29, 0.717) is 0 Å². The standard InChI is InChI=1S/C24H20F3N3O4S/c25-16-8-14(9-17(26)20(16)27)18-10-30(29-28-18)21-22(32)19(11-31)34-24(23(21)33)35-15-6-5-12-3-1-2-4-13(12)7-15/h1-10,19,21-24,31-33H,11H2/t19-,21+,22+,23-,24-/m1/s1. The highest BCUT2D eigenvalue weighted by Gasteiger charge is 2.46. The number of hydrogen-bond donors (Lipinski definition) is 3. The molecule has 0 amide bonds. The van der Waals surface area contributed by atoms with Gasteiger partial charge in [-0.25, -0.2) is 17.9 Å². The number of rotatable bonds is 5. The summed E-state index contributed by atoms with van der Waals surface area (Å²) in [5.74, 6) is -4.36. The van der Waals surface area contributed by atoms with Crippen molar-refractivity contribution in [3.8, 4) is 11.3 Å². The van der Waals surface area contributed by atoms with Crippen molar-refractivity contribution in [3.63, 3.8) is 0 Å². The fourth-order valence-corrected chi connectivity index (χ4v) is 5.22. The molecule has 1 fully saturated rings. The number of halogens is 3. The molecule has 0 spiro atoms. The van der Waals surface area contributed by atoms with Gasteiger partial charge < -0.3 is 20.1 Å². The molecule has 7 nitrogen and oxygen atoms in total. The maximum Gasteiger partial charge on any atom is 0.194 e. The van der Waals surface area contributed by atoms with Gasteiger partial charge in [-0.1, -0.05) is 47.3 Å². The average Bonchev–Trinajstić information content (AvgIpc) is 3.34. The Morgan fingerprint density at radius 1 is 0.943 bits per heavy atom. The molecule has 0 radical (unpaired) electrons. The van der Waals surface area contributed by atoms with Gasteiger partial charge >= 0.3 is 0 Å². The van der Waals surface area contributed by atoms with Crippen LogP contribution in [0.25, 0.3) is 22.0 Å². The van der Waals surface area contributed by atoms with Gasteiger partial charge in [-0.3, -0.25) is 0 Å². The van der Waals surface area contributed by atoms with Crippen LogP contribution in [0, 0.1) is 17.5 Å². The number of aliphatic hydroxyl groups excluding tert-OH is 3. The minimum Gasteiger partial charge on any atom is -0.394 e. The first-order valence-corrected chi connectivity index (χ1v) is 11.6. The topological polar surface area (TPSA) is 101 Å². The molecule has 1 aliphatic rings. The molecule has 35 heavy (non-hydrogen) atoms. The zero-order valence-corrected chi connectivity index (χ0v) is 18.8. The summed E-state index contributed by atoms with van der Waals surface area (Å²) in [5, 5.41) is 41.5. The minimum absolute atomic E-state index is 0.00738. The Balaban J connectivity index is 1.44. The fourth-order valence-electron chi connectivity index (χ4n) is 4.11. The summed E-state index contributed by atoms with van der Waals surface area (Å²) >= 11 is 1.22. The zero-order valence-electron chi connectivity index (χ0n) is 18.0. The van der Waals surface area contributed by atoms with E-state index in [1.165, 1.54) is 18.0 Å². The van der Waals surface area contributed by atoms with Crippen molar-refractivity contribution >= 4 is 22.5 Å². The van der Waals surface area contributed by atoms with E-state index in [4.69, 9.17) is 4.74 Å². The molecule has 3 aromatic carbocycles. The van der Waals surface area contributed by atoms with E-state index in [1.807, 2.05) is 42.5 Å². The van der Waals surface area contributed by atoms with Crippen LogP contribution in [-0.2, 0) is 4.74 Å². The van der Waals surface area contributed by atoms with Crippen LogP contribution < -0.4 is 0 Å². The molecule has 4 aromatic rings. The van der Waals surface area contributed by atoms with E-state index < -0.39 is 53.8 Å². The molecule has 0 saturated carbocycles. The fraction of sp³-hybridized carbons (Fsp3) is 0.250. The minimum atomic E-state index is -1.60. The number of ether oxygens (including phenoxy) is 1. The first kappa shape index (κ1) is 23.8. The highest BCUT2D eigenvalue weighted by Crippen LogP contribution is 2.39. The lowest BCUT2D eigenvalue weighted by molar-refractivity contribution is -0.178. The van der Waals surface area contributed by atoms with Crippen molar-refractivity contribution in [1.29, 1.82) is 0 Å². The van der Waals surface area contributed by atoms with Gasteiger partial charge in [0.1, 0.15) is 35.5 Å². The second kappa shape index (κ2) is 9.59. The molecule has 1 aliphatic heterocycles. The van der Waals surface area contributed by atoms with Crippen LogP contribution in [-0.4, -0.2) is 60.7 Å². The van der Waals surface area contributed by atoms with E-state index in [-0.39, 0.29) is 11.3 Å². The molecule has 0 bridgehead atoms. The van der Waals surface area contributed by atoms with Crippen LogP contribution in [0.2, 0.25) is 0 Å². The van der Waals surface area contributed by atoms with Crippen molar-refractivity contribution in [2.24, 2.45) is 0 Å². The smallest absolute Gasteiger partial charge is 0.194 e. The van der Waals surface area contributed by atoms with E-state index in [9.17, 15) is 28.5 Å². The van der Waals surface area contributed by atoms with Crippen LogP contribution in [0.3, 0.4) is 0 Å². The Labute approximate surface area is 201 Å². The normalized spacial score (nSPS) is 24.7. The molecule has 0 unspecified atom stereocenters. The molecular weight excluding hydrogens is 483 g/mol. The summed E-state index contributed by atoms with van der Waals surface area (Å²) in [5.41, 5.74) is -0.937. The quantitative estimate of drug-likeness (QED) is 0.360. The molecule has 11 heteroatoms. The molecule has 5 rings (SSSR count). The lowest BCUT2D eigenvalue weighted by Gasteiger charge is -2.41. The summed E-state index contributed by atoms with van der Waals surface area (Å²) in [6.07, 6.45) is -2.41. The molecule has 1 saturated heterocycles. The number of aromatic nitrogens is 3. The molecule has 182 valence electrons. The van der Waals surface area contributed by atoms with Gasteiger partial charge in [0.15, 0.2) is 17.5 Å². The van der Waals surface area contributed by atoms with E-state index in [1.54, 1.807) is 0 Å². The predicted molar refractivity (Wildman–Crippen MR) is 122 cm³/mol. The second-order valence-electron chi connectivity index (χ2n) is 8.16. The number of thioether (sulfide) groups is 1. The van der Waals surface area contributed by atoms with Gasteiger partial charge in [-0.05, 0) is 35.0 Å². The van der Waals surface area contributed by atoms with E-state index >= 15 is 0 Å². The molecule has 2 heterocycles. The zero-order chi connectivity index (χ0) is 24.7. The molecule has 0 aliphatic carbocycles. The summed E-state index contributed by atoms with van der Waals surface area (Å²) in [7, 11) is 0. The van der Waals surface area contributed by atoms with Crippen molar-refractivity contribution in [2.75, 3.05) is 6.61 Å². The molecular formula is C24H20F3N3O4S. The first-order valence-electron chi connectivity index (χ1n) is 10.7. The van der Waals surface area contributed by atoms with Gasteiger partial charge in [0.05, 0.1) is 12.8 Å². The SMILES string of the molecule is OC[C@H]1O[C@H](Sc2ccc3ccccc3c2)[C@H](O)[C@@H](n2cc(-c3cc(F)c(F)c(F)c3)nn2)[C@H]1O. The lowest BCUT2D eigenvalue weighted by atomic mass is 9.97. The van der Waals surface area contributed by atoms with Gasteiger partial charge in [-0.15, -0.1) is 5.10 Å². The summed E-state index contributed by atoms with van der Waals surface area (Å²) < 4.78 is 47.6. The summed E-state index contributed by atoms with van der Waals surface area (Å²) in [4.78, 5) is 0.802. The Bertz CT molecular complexity index is 1350. The highest BCUT2D eigenvalue weighted by molar-refractivity contribution is 7.99. The number of hydrogen-bond acceptors (Lipinski definition) is 7. The van der Waals surface area contributed by atoms with Crippen LogP contribution in [0.5, 0.6) is 0 Å². The predicted octanol–water partition coefficient (Wildman–Crippen LogP) is 3.29. The molecule has 3 N–H and O–H groups in total. The maximum atomic E-state index is 13.7. The van der Waals surface area contributed by atoms with Crippen molar-refractivity contribution in [1.82, 2.24) is 15.0 Å². The third-order valence-electron chi connectivity index (χ3n) is 5.92. The van der Waals surface area contributed by atoms with Crippen LogP contribution in [0.1, 0.15) is 6.04 Å². The molecule has 1 aromatic heterocycles. The Kier molecular flexibility index (Phi) is 6.51. The number of fused-ring (bicyclic) bond motifs is 1. The summed E-state index contributed by atoms with van der Waals surface area (Å²) in [6.45, 7) is -0.519. The Hall–Kier alpha value is -2.96. The monoisotopic (exact) mass is 503 g/mol. The lowest BCUT2D eigenvalue weighted by Crippen LogP contribution is -2.55. The van der Waals surface area contributed by atoms with Crippen LogP contribution in [0.15, 0.2) is 65.7 Å². The van der Waals surface area contributed by atoms with Gasteiger partial charge in [0.25, 0.3) is 0 Å². The highest BCUT2D eigenvalue weighted by atomic mass is 32.2. The second-order valence-corrected chi connectivity index (χ2v) is 9.33. The van der Waals surface area contributed by atoms with Crippen LogP contribution >= 0.6 is 11.8 Å². The number of nitrogens with zero attached hydrogens (tertiary/aromatic N) is 3. The largest absolute Gasteiger partial charge is 0.394 e. The Morgan fingerprint density at radius 2 is 1.66 bits per heavy atom. The van der Waals surface area contributed by atoms with Crippen molar-refractivity contribution in [2.45, 2.75) is 34.7 Å². The molecule has 5 atom stereocenters. The number of benzene rings is 3. The summed E-state index contributed by atoms with van der Waals surface area (Å²) in [6, 6.07) is 14.0. The third kappa shape index (κ3) is 4.53. The van der Waals surface area contributed by atoms with E-state index in [2.05, 4.69) is 10.3 Å². The van der Waals surface area contributed by atoms with Crippen molar-refractivity contribution < 1.29 is 33.2 Å². The third-order valence-corrected chi connectivity index (χ3v) is 7.07. The van der Waals surface area contributed by atoms with Gasteiger partial charge in [0, 0.05) is 10.5 Å². The average molecular weight is 504 g/mol. The van der Waals surface area contributed by atoms with Gasteiger partial charge in [-0.2, -0.15) is 0 Å². The maximum absolute atomic E-state index is 13.7. The Morgan fingerprint density at radius 3 is 2.37 bits per heavy atom.